The van der Waals surface area contributed by atoms with E-state index in [0.717, 1.165) is 5.56 Å². The fourth-order valence-electron chi connectivity index (χ4n) is 2.21. The number of hydrogen-bond donors (Lipinski definition) is 1. The van der Waals surface area contributed by atoms with Crippen LogP contribution in [0.3, 0.4) is 0 Å². The van der Waals surface area contributed by atoms with Gasteiger partial charge in [-0.25, -0.2) is 13.1 Å². The second-order valence-corrected chi connectivity index (χ2v) is 6.86. The summed E-state index contributed by atoms with van der Waals surface area (Å²) in [5, 5.41) is 0. The molecule has 2 aromatic rings. The number of methoxy groups -OCH3 is 1. The average molecular weight is 333 g/mol. The minimum Gasteiger partial charge on any atom is -0.469 e. The predicted molar refractivity (Wildman–Crippen MR) is 88.0 cm³/mol. The van der Waals surface area contributed by atoms with E-state index in [1.165, 1.54) is 7.11 Å². The molecule has 0 aliphatic heterocycles. The molecule has 0 radical (unpaired) electrons. The number of carbonyl (C=O) groups is 1. The van der Waals surface area contributed by atoms with Crippen LogP contribution in [0.1, 0.15) is 23.6 Å². The van der Waals surface area contributed by atoms with E-state index in [2.05, 4.69) is 9.46 Å². The summed E-state index contributed by atoms with van der Waals surface area (Å²) < 4.78 is 32.0. The molecule has 0 heterocycles. The first-order chi connectivity index (χ1) is 11.0. The summed E-state index contributed by atoms with van der Waals surface area (Å²) in [4.78, 5) is 11.6. The minimum absolute atomic E-state index is 0.0610. The molecular weight excluding hydrogens is 314 g/mol. The van der Waals surface area contributed by atoms with Crippen molar-refractivity contribution in [1.29, 1.82) is 0 Å². The van der Waals surface area contributed by atoms with E-state index in [0.29, 0.717) is 5.56 Å². The van der Waals surface area contributed by atoms with Crippen LogP contribution >= 0.6 is 0 Å². The second-order valence-electron chi connectivity index (χ2n) is 5.11. The van der Waals surface area contributed by atoms with Gasteiger partial charge in [0.05, 0.1) is 25.3 Å². The Morgan fingerprint density at radius 2 is 1.61 bits per heavy atom. The molecule has 0 saturated carbocycles. The van der Waals surface area contributed by atoms with Crippen LogP contribution in [0.15, 0.2) is 60.7 Å². The Morgan fingerprint density at radius 1 is 1.04 bits per heavy atom. The molecule has 2 aromatic carbocycles. The molecule has 1 unspecified atom stereocenters. The molecule has 5 nitrogen and oxygen atoms in total. The molecule has 0 amide bonds. The van der Waals surface area contributed by atoms with Crippen molar-refractivity contribution in [2.24, 2.45) is 0 Å². The quantitative estimate of drug-likeness (QED) is 0.790. The van der Waals surface area contributed by atoms with Crippen LogP contribution in [0, 0.1) is 0 Å². The summed E-state index contributed by atoms with van der Waals surface area (Å²) in [6, 6.07) is 17.2. The lowest BCUT2D eigenvalue weighted by Gasteiger charge is -2.18. The van der Waals surface area contributed by atoms with E-state index in [1.807, 2.05) is 12.1 Å². The number of sulfonamides is 1. The van der Waals surface area contributed by atoms with Gasteiger partial charge >= 0.3 is 5.97 Å². The van der Waals surface area contributed by atoms with Crippen molar-refractivity contribution in [2.75, 3.05) is 7.11 Å². The van der Waals surface area contributed by atoms with E-state index in [9.17, 15) is 13.2 Å². The van der Waals surface area contributed by atoms with E-state index in [4.69, 9.17) is 0 Å². The zero-order chi connectivity index (χ0) is 16.7. The Hall–Kier alpha value is -2.18. The number of nitrogens with one attached hydrogen (secondary N) is 1. The number of carbonyl (C=O) groups excluding carboxylic acids is 1. The van der Waals surface area contributed by atoms with Crippen LogP contribution in [0.5, 0.6) is 0 Å². The molecule has 0 saturated heterocycles. The molecule has 1 atom stereocenters. The monoisotopic (exact) mass is 333 g/mol. The fourth-order valence-corrected chi connectivity index (χ4v) is 3.58. The summed E-state index contributed by atoms with van der Waals surface area (Å²) in [5.74, 6) is -0.612. The molecule has 2 rings (SSSR count). The zero-order valence-corrected chi connectivity index (χ0v) is 13.6. The van der Waals surface area contributed by atoms with Gasteiger partial charge < -0.3 is 4.74 Å². The van der Waals surface area contributed by atoms with Crippen LogP contribution in [-0.4, -0.2) is 21.5 Å². The lowest BCUT2D eigenvalue weighted by molar-refractivity contribution is -0.141. The molecule has 0 bridgehead atoms. The van der Waals surface area contributed by atoms with E-state index in [-0.39, 0.29) is 12.2 Å². The first-order valence-electron chi connectivity index (χ1n) is 7.16. The highest BCUT2D eigenvalue weighted by atomic mass is 32.2. The molecule has 122 valence electrons. The largest absolute Gasteiger partial charge is 0.469 e. The smallest absolute Gasteiger partial charge is 0.307 e. The molecular formula is C17H19NO4S. The van der Waals surface area contributed by atoms with Gasteiger partial charge in [-0.3, -0.25) is 4.79 Å². The maximum atomic E-state index is 12.4. The van der Waals surface area contributed by atoms with Crippen LogP contribution in [0.25, 0.3) is 0 Å². The van der Waals surface area contributed by atoms with Crippen molar-refractivity contribution in [3.63, 3.8) is 0 Å². The summed E-state index contributed by atoms with van der Waals surface area (Å²) >= 11 is 0. The van der Waals surface area contributed by atoms with Crippen LogP contribution < -0.4 is 4.72 Å². The second kappa shape index (κ2) is 7.89. The molecule has 0 aromatic heterocycles. The Labute approximate surface area is 136 Å². The third-order valence-electron chi connectivity index (χ3n) is 3.32. The van der Waals surface area contributed by atoms with E-state index < -0.39 is 22.0 Å². The number of esters is 1. The van der Waals surface area contributed by atoms with Crippen molar-refractivity contribution in [1.82, 2.24) is 4.72 Å². The highest BCUT2D eigenvalue weighted by Gasteiger charge is 2.22. The molecule has 0 aliphatic carbocycles. The number of benzene rings is 2. The lowest BCUT2D eigenvalue weighted by atomic mass is 10.1. The van der Waals surface area contributed by atoms with Crippen molar-refractivity contribution in [2.45, 2.75) is 18.2 Å². The lowest BCUT2D eigenvalue weighted by Crippen LogP contribution is -2.31. The van der Waals surface area contributed by atoms with E-state index >= 15 is 0 Å². The van der Waals surface area contributed by atoms with Crippen molar-refractivity contribution < 1.29 is 17.9 Å². The van der Waals surface area contributed by atoms with Gasteiger partial charge in [0.1, 0.15) is 0 Å². The first kappa shape index (κ1) is 17.2. The zero-order valence-electron chi connectivity index (χ0n) is 12.8. The number of ether oxygens (including phenoxy) is 1. The SMILES string of the molecule is COC(=O)CC(NS(=O)(=O)Cc1ccccc1)c1ccccc1. The van der Waals surface area contributed by atoms with Crippen molar-refractivity contribution >= 4 is 16.0 Å². The van der Waals surface area contributed by atoms with Gasteiger partial charge in [0, 0.05) is 0 Å². The summed E-state index contributed by atoms with van der Waals surface area (Å²) in [6.07, 6.45) is -0.0610. The maximum Gasteiger partial charge on any atom is 0.307 e. The van der Waals surface area contributed by atoms with Crippen LogP contribution in [0.2, 0.25) is 0 Å². The van der Waals surface area contributed by atoms with Gasteiger partial charge in [-0.2, -0.15) is 0 Å². The fraction of sp³-hybridized carbons (Fsp3) is 0.235. The van der Waals surface area contributed by atoms with Gasteiger partial charge in [0.15, 0.2) is 0 Å². The normalized spacial score (nSPS) is 12.6. The Balaban J connectivity index is 2.17. The van der Waals surface area contributed by atoms with Crippen molar-refractivity contribution in [3.05, 3.63) is 71.8 Å². The molecule has 23 heavy (non-hydrogen) atoms. The van der Waals surface area contributed by atoms with Gasteiger partial charge in [0.2, 0.25) is 10.0 Å². The maximum absolute atomic E-state index is 12.4. The van der Waals surface area contributed by atoms with Crippen molar-refractivity contribution in [3.8, 4) is 0 Å². The molecule has 0 fully saturated rings. The van der Waals surface area contributed by atoms with Crippen LogP contribution in [-0.2, 0) is 25.3 Å². The molecule has 1 N–H and O–H groups in total. The molecule has 0 spiro atoms. The highest BCUT2D eigenvalue weighted by Crippen LogP contribution is 2.19. The Kier molecular flexibility index (Phi) is 5.90. The van der Waals surface area contributed by atoms with Gasteiger partial charge in [-0.05, 0) is 11.1 Å². The predicted octanol–water partition coefficient (Wildman–Crippen LogP) is 2.41. The summed E-state index contributed by atoms with van der Waals surface area (Å²) in [6.45, 7) is 0. The first-order valence-corrected chi connectivity index (χ1v) is 8.81. The molecule has 6 heteroatoms. The topological polar surface area (TPSA) is 72.5 Å². The van der Waals surface area contributed by atoms with Gasteiger partial charge in [0.25, 0.3) is 0 Å². The standard InChI is InChI=1S/C17H19NO4S/c1-22-17(19)12-16(15-10-6-3-7-11-15)18-23(20,21)13-14-8-4-2-5-9-14/h2-11,16,18H,12-13H2,1H3. The third kappa shape index (κ3) is 5.50. The Morgan fingerprint density at radius 3 is 2.17 bits per heavy atom. The Bertz CT molecular complexity index is 730. The summed E-state index contributed by atoms with van der Waals surface area (Å²) in [5.41, 5.74) is 1.40. The van der Waals surface area contributed by atoms with Gasteiger partial charge in [-0.15, -0.1) is 0 Å². The average Bonchev–Trinajstić information content (AvgIpc) is 2.55. The summed E-state index contributed by atoms with van der Waals surface area (Å²) in [7, 11) is -2.31. The number of rotatable bonds is 7. The minimum atomic E-state index is -3.59. The number of hydrogen-bond acceptors (Lipinski definition) is 4. The van der Waals surface area contributed by atoms with Gasteiger partial charge in [-0.1, -0.05) is 60.7 Å². The van der Waals surface area contributed by atoms with E-state index in [1.54, 1.807) is 48.5 Å². The highest BCUT2D eigenvalue weighted by molar-refractivity contribution is 7.88. The van der Waals surface area contributed by atoms with Crippen LogP contribution in [0.4, 0.5) is 0 Å². The molecule has 0 aliphatic rings. The third-order valence-corrected chi connectivity index (χ3v) is 4.68.